The molecule has 4 aromatic carbocycles. The van der Waals surface area contributed by atoms with Gasteiger partial charge in [0.1, 0.15) is 11.5 Å². The molecule has 0 saturated carbocycles. The zero-order valence-corrected chi connectivity index (χ0v) is 33.5. The van der Waals surface area contributed by atoms with Crippen LogP contribution >= 0.6 is 0 Å². The number of aromatic hydroxyl groups is 1. The Hall–Kier alpha value is -4.70. The summed E-state index contributed by atoms with van der Waals surface area (Å²) in [5.41, 5.74) is 0.632. The van der Waals surface area contributed by atoms with Gasteiger partial charge in [-0.2, -0.15) is 0 Å². The van der Waals surface area contributed by atoms with Crippen LogP contribution in [0, 0.1) is 0 Å². The van der Waals surface area contributed by atoms with E-state index in [-0.39, 0.29) is 39.8 Å². The Morgan fingerprint density at radius 2 is 0.943 bits per heavy atom. The minimum atomic E-state index is -2.23. The quantitative estimate of drug-likeness (QED) is 0.141. The van der Waals surface area contributed by atoms with Gasteiger partial charge in [-0.05, 0) is 53.2 Å². The summed E-state index contributed by atoms with van der Waals surface area (Å²) in [5.74, 6) is -0.559. The van der Waals surface area contributed by atoms with Crippen LogP contribution in [-0.4, -0.2) is 50.8 Å². The van der Waals surface area contributed by atoms with E-state index in [1.807, 2.05) is 38.1 Å². The number of ether oxygens (including phenoxy) is 2. The third kappa shape index (κ3) is 6.38. The van der Waals surface area contributed by atoms with E-state index in [0.29, 0.717) is 33.6 Å². The van der Waals surface area contributed by atoms with Gasteiger partial charge >= 0.3 is 0 Å². The van der Waals surface area contributed by atoms with Crippen molar-refractivity contribution in [1.29, 1.82) is 0 Å². The van der Waals surface area contributed by atoms with E-state index in [4.69, 9.17) is 13.9 Å². The Morgan fingerprint density at radius 1 is 0.585 bits per heavy atom. The second-order valence-electron chi connectivity index (χ2n) is 15.9. The Bertz CT molecular complexity index is 2030. The molecule has 53 heavy (non-hydrogen) atoms. The normalized spacial score (nSPS) is 16.1. The van der Waals surface area contributed by atoms with Gasteiger partial charge in [-0.3, -0.25) is 19.2 Å². The molecular weight excluding hydrogens is 685 g/mol. The van der Waals surface area contributed by atoms with Crippen LogP contribution in [0.1, 0.15) is 124 Å². The highest BCUT2D eigenvalue weighted by Gasteiger charge is 2.57. The molecule has 0 fully saturated rings. The Labute approximate surface area is 313 Å². The third-order valence-corrected chi connectivity index (χ3v) is 15.4. The van der Waals surface area contributed by atoms with Crippen LogP contribution in [0.15, 0.2) is 84.9 Å². The molecule has 9 heteroatoms. The van der Waals surface area contributed by atoms with Crippen molar-refractivity contribution in [3.05, 3.63) is 129 Å². The minimum Gasteiger partial charge on any atom is -0.543 e. The highest BCUT2D eigenvalue weighted by atomic mass is 28.4. The Kier molecular flexibility index (Phi) is 10.6. The summed E-state index contributed by atoms with van der Waals surface area (Å²) >= 11 is 0. The number of ketones is 4. The molecule has 2 aliphatic rings. The molecule has 0 heterocycles. The molecular formula is C44H50O8Si. The van der Waals surface area contributed by atoms with E-state index in [0.717, 1.165) is 11.1 Å². The maximum Gasteiger partial charge on any atom is 0.250 e. The Balaban J connectivity index is 0.000000211. The van der Waals surface area contributed by atoms with Crippen molar-refractivity contribution in [3.63, 3.8) is 0 Å². The number of methoxy groups -OCH3 is 2. The highest BCUT2D eigenvalue weighted by Crippen LogP contribution is 2.47. The zero-order chi connectivity index (χ0) is 39.3. The summed E-state index contributed by atoms with van der Waals surface area (Å²) in [6, 6.07) is 24.3. The standard InChI is InChI=1S/C25H32O4Si.C19H18O4/c1-16(2)17-13-14-20(21(15-17)29-30(7,8)24(3,4)5)25(28-6)22(26)18-11-9-10-12-19(18)23(25)27;1-11(2)12-8-9-15(16(20)10-12)19(23-3)17(21)13-6-4-5-7-14(13)18(19)22/h9-16H,1-8H3;4-11,20H,1-3H3. The molecule has 0 radical (unpaired) electrons. The molecule has 0 bridgehead atoms. The van der Waals surface area contributed by atoms with Crippen molar-refractivity contribution in [2.75, 3.05) is 14.2 Å². The monoisotopic (exact) mass is 734 g/mol. The van der Waals surface area contributed by atoms with E-state index in [9.17, 15) is 24.3 Å². The Morgan fingerprint density at radius 3 is 1.28 bits per heavy atom. The first kappa shape index (κ1) is 39.5. The number of carbonyl (C=O) groups excluding carboxylic acids is 4. The second-order valence-corrected chi connectivity index (χ2v) is 20.6. The summed E-state index contributed by atoms with van der Waals surface area (Å²) < 4.78 is 17.9. The number of benzene rings is 4. The van der Waals surface area contributed by atoms with E-state index in [1.165, 1.54) is 14.2 Å². The van der Waals surface area contributed by atoms with Crippen LogP contribution in [0.5, 0.6) is 11.5 Å². The predicted molar refractivity (Wildman–Crippen MR) is 208 cm³/mol. The number of Topliss-reactive ketones (excluding diaryl/α,β-unsaturated/α-hetero) is 4. The molecule has 8 nitrogen and oxygen atoms in total. The number of hydrogen-bond donors (Lipinski definition) is 1. The number of rotatable bonds is 8. The van der Waals surface area contributed by atoms with Crippen molar-refractivity contribution in [2.24, 2.45) is 0 Å². The lowest BCUT2D eigenvalue weighted by Gasteiger charge is -2.38. The van der Waals surface area contributed by atoms with Crippen LogP contribution in [0.25, 0.3) is 0 Å². The molecule has 0 aliphatic heterocycles. The van der Waals surface area contributed by atoms with Crippen molar-refractivity contribution in [1.82, 2.24) is 0 Å². The fourth-order valence-corrected chi connectivity index (χ4v) is 7.73. The van der Waals surface area contributed by atoms with Gasteiger partial charge in [0.2, 0.25) is 42.7 Å². The van der Waals surface area contributed by atoms with Gasteiger partial charge in [0, 0.05) is 47.6 Å². The largest absolute Gasteiger partial charge is 0.543 e. The van der Waals surface area contributed by atoms with E-state index in [1.54, 1.807) is 60.7 Å². The molecule has 0 spiro atoms. The van der Waals surface area contributed by atoms with Crippen molar-refractivity contribution >= 4 is 31.5 Å². The van der Waals surface area contributed by atoms with Crippen LogP contribution in [0.4, 0.5) is 0 Å². The van der Waals surface area contributed by atoms with Gasteiger partial charge in [0.25, 0.3) is 0 Å². The van der Waals surface area contributed by atoms with E-state index in [2.05, 4.69) is 47.7 Å². The summed E-state index contributed by atoms with van der Waals surface area (Å²) in [7, 11) is 0.508. The third-order valence-electron chi connectivity index (χ3n) is 11.0. The topological polar surface area (TPSA) is 116 Å². The van der Waals surface area contributed by atoms with Gasteiger partial charge in [-0.25, -0.2) is 0 Å². The predicted octanol–water partition coefficient (Wildman–Crippen LogP) is 9.55. The number of phenolic OH excluding ortho intramolecular Hbond substituents is 1. The molecule has 2 aliphatic carbocycles. The van der Waals surface area contributed by atoms with E-state index >= 15 is 0 Å². The lowest BCUT2D eigenvalue weighted by Crippen LogP contribution is -2.46. The fourth-order valence-electron chi connectivity index (χ4n) is 6.71. The molecule has 0 saturated heterocycles. The number of phenols is 1. The smallest absolute Gasteiger partial charge is 0.250 e. The van der Waals surface area contributed by atoms with Crippen LogP contribution in [0.2, 0.25) is 18.1 Å². The lowest BCUT2D eigenvalue weighted by atomic mass is 9.86. The highest BCUT2D eigenvalue weighted by molar-refractivity contribution is 6.74. The number of fused-ring (bicyclic) bond motifs is 2. The average molecular weight is 735 g/mol. The van der Waals surface area contributed by atoms with E-state index < -0.39 is 31.1 Å². The summed E-state index contributed by atoms with van der Waals surface area (Å²) in [4.78, 5) is 52.8. The zero-order valence-electron chi connectivity index (χ0n) is 32.5. The SMILES string of the molecule is COC1(c2ccc(C(C)C)cc2O)C(=O)c2ccccc2C1=O.COC1(c2ccc(C(C)C)cc2O[Si](C)(C)C(C)(C)C)C(=O)c2ccccc2C1=O. The summed E-state index contributed by atoms with van der Waals surface area (Å²) in [6.45, 7) is 19.0. The molecule has 1 N–H and O–H groups in total. The lowest BCUT2D eigenvalue weighted by molar-refractivity contribution is 0.00883. The van der Waals surface area contributed by atoms with Crippen LogP contribution < -0.4 is 4.43 Å². The molecule has 278 valence electrons. The average Bonchev–Trinajstić information content (AvgIpc) is 3.47. The van der Waals surface area contributed by atoms with Gasteiger partial charge < -0.3 is 19.0 Å². The first-order valence-electron chi connectivity index (χ1n) is 17.9. The first-order chi connectivity index (χ1) is 24.8. The van der Waals surface area contributed by atoms with Gasteiger partial charge in [-0.1, -0.05) is 121 Å². The molecule has 4 aromatic rings. The molecule has 6 rings (SSSR count). The summed E-state index contributed by atoms with van der Waals surface area (Å²) in [6.07, 6.45) is 0. The maximum absolute atomic E-state index is 13.5. The molecule has 0 unspecified atom stereocenters. The molecule has 0 atom stereocenters. The van der Waals surface area contributed by atoms with Crippen molar-refractivity contribution in [3.8, 4) is 11.5 Å². The van der Waals surface area contributed by atoms with Crippen molar-refractivity contribution in [2.45, 2.75) is 89.6 Å². The first-order valence-corrected chi connectivity index (χ1v) is 20.8. The number of hydrogen-bond acceptors (Lipinski definition) is 8. The van der Waals surface area contributed by atoms with Gasteiger partial charge in [-0.15, -0.1) is 0 Å². The number of carbonyl (C=O) groups is 4. The van der Waals surface area contributed by atoms with Crippen LogP contribution in [-0.2, 0) is 20.7 Å². The second kappa shape index (κ2) is 14.3. The fraction of sp³-hybridized carbons (Fsp3) is 0.364. The minimum absolute atomic E-state index is 0.0367. The maximum atomic E-state index is 13.5. The molecule has 0 amide bonds. The molecule has 0 aromatic heterocycles. The van der Waals surface area contributed by atoms with Gasteiger partial charge in [0.15, 0.2) is 0 Å². The van der Waals surface area contributed by atoms with Gasteiger partial charge in [0.05, 0.1) is 0 Å². The van der Waals surface area contributed by atoms with Crippen molar-refractivity contribution < 1.29 is 38.2 Å². The van der Waals surface area contributed by atoms with Crippen LogP contribution in [0.3, 0.4) is 0 Å². The summed E-state index contributed by atoms with van der Waals surface area (Å²) in [5, 5.41) is 10.4.